The van der Waals surface area contributed by atoms with Crippen LogP contribution in [0, 0.1) is 13.8 Å². The summed E-state index contributed by atoms with van der Waals surface area (Å²) in [5.74, 6) is -0.137. The number of carbonyl (C=O) groups is 1. The minimum Gasteiger partial charge on any atom is -0.369 e. The van der Waals surface area contributed by atoms with Crippen LogP contribution < -0.4 is 11.1 Å². The van der Waals surface area contributed by atoms with Gasteiger partial charge in [-0.05, 0) is 37.1 Å². The Hall–Kier alpha value is -1.60. The lowest BCUT2D eigenvalue weighted by atomic mass is 10.1. The topological polar surface area (TPSA) is 80.9 Å². The molecule has 1 aromatic carbocycles. The average Bonchev–Trinajstić information content (AvgIpc) is 2.79. The first kappa shape index (κ1) is 13.8. The predicted molar refractivity (Wildman–Crippen MR) is 79.0 cm³/mol. The number of aromatic nitrogens is 2. The third-order valence-corrected chi connectivity index (χ3v) is 4.50. The van der Waals surface area contributed by atoms with E-state index in [0.29, 0.717) is 5.13 Å². The Morgan fingerprint density at radius 3 is 2.84 bits per heavy atom. The van der Waals surface area contributed by atoms with Crippen LogP contribution in [0.15, 0.2) is 22.5 Å². The van der Waals surface area contributed by atoms with Crippen molar-refractivity contribution >= 4 is 39.8 Å². The monoisotopic (exact) mass is 294 g/mol. The minimum atomic E-state index is -0.358. The van der Waals surface area contributed by atoms with Crippen LogP contribution in [0.4, 0.5) is 10.8 Å². The Labute approximate surface area is 119 Å². The second kappa shape index (κ2) is 6.03. The molecule has 0 fully saturated rings. The highest BCUT2D eigenvalue weighted by Crippen LogP contribution is 2.27. The molecule has 1 amide bonds. The fourth-order valence-electron chi connectivity index (χ4n) is 1.39. The first-order chi connectivity index (χ1) is 9.04. The number of nitrogens with two attached hydrogens (primary N) is 1. The number of amides is 1. The van der Waals surface area contributed by atoms with Gasteiger partial charge in [-0.1, -0.05) is 29.2 Å². The van der Waals surface area contributed by atoms with Gasteiger partial charge < -0.3 is 11.1 Å². The summed E-state index contributed by atoms with van der Waals surface area (Å²) in [5.41, 5.74) is 8.53. The summed E-state index contributed by atoms with van der Waals surface area (Å²) in [4.78, 5) is 10.7. The van der Waals surface area contributed by atoms with E-state index in [-0.39, 0.29) is 11.7 Å². The van der Waals surface area contributed by atoms with Crippen molar-refractivity contribution in [2.45, 2.75) is 18.2 Å². The number of aryl methyl sites for hydroxylation is 2. The van der Waals surface area contributed by atoms with Crippen molar-refractivity contribution in [3.63, 3.8) is 0 Å². The summed E-state index contributed by atoms with van der Waals surface area (Å²) >= 11 is 2.70. The molecule has 2 aromatic rings. The minimum absolute atomic E-state index is 0.221. The molecule has 100 valence electrons. The Balaban J connectivity index is 2.02. The molecular formula is C12H14N4OS2. The number of nitrogens with zero attached hydrogens (tertiary/aromatic N) is 2. The van der Waals surface area contributed by atoms with Gasteiger partial charge in [0.25, 0.3) is 0 Å². The lowest BCUT2D eigenvalue weighted by molar-refractivity contribution is -0.115. The van der Waals surface area contributed by atoms with Gasteiger partial charge in [0.2, 0.25) is 11.0 Å². The summed E-state index contributed by atoms with van der Waals surface area (Å²) < 4.78 is 0.727. The molecule has 0 unspecified atom stereocenters. The highest BCUT2D eigenvalue weighted by atomic mass is 32.2. The van der Waals surface area contributed by atoms with Crippen molar-refractivity contribution in [2.75, 3.05) is 11.1 Å². The molecule has 0 atom stereocenters. The molecule has 0 bridgehead atoms. The standard InChI is InChI=1S/C12H14N4OS2/c1-7-3-4-9(5-8(7)2)14-11-15-16-12(19-11)18-6-10(13)17/h3-5H,6H2,1-2H3,(H2,13,17)(H,14,15). The van der Waals surface area contributed by atoms with Crippen LogP contribution in [-0.4, -0.2) is 21.9 Å². The lowest BCUT2D eigenvalue weighted by Gasteiger charge is -2.05. The van der Waals surface area contributed by atoms with Crippen molar-refractivity contribution in [3.8, 4) is 0 Å². The van der Waals surface area contributed by atoms with Crippen LogP contribution in [0.25, 0.3) is 0 Å². The van der Waals surface area contributed by atoms with E-state index in [4.69, 9.17) is 5.73 Å². The number of carbonyl (C=O) groups excluding carboxylic acids is 1. The molecule has 19 heavy (non-hydrogen) atoms. The van der Waals surface area contributed by atoms with Crippen LogP contribution >= 0.6 is 23.1 Å². The first-order valence-corrected chi connectivity index (χ1v) is 7.43. The third-order valence-electron chi connectivity index (χ3n) is 2.50. The van der Waals surface area contributed by atoms with Gasteiger partial charge in [0.05, 0.1) is 5.75 Å². The van der Waals surface area contributed by atoms with Crippen molar-refractivity contribution in [2.24, 2.45) is 5.73 Å². The summed E-state index contributed by atoms with van der Waals surface area (Å²) in [6.45, 7) is 4.14. The molecule has 7 heteroatoms. The molecular weight excluding hydrogens is 280 g/mol. The van der Waals surface area contributed by atoms with Crippen LogP contribution in [0.5, 0.6) is 0 Å². The van der Waals surface area contributed by atoms with Crippen LogP contribution in [0.3, 0.4) is 0 Å². The van der Waals surface area contributed by atoms with E-state index in [1.54, 1.807) is 0 Å². The second-order valence-corrected chi connectivity index (χ2v) is 6.25. The molecule has 0 saturated carbocycles. The maximum atomic E-state index is 10.7. The van der Waals surface area contributed by atoms with Gasteiger partial charge in [-0.25, -0.2) is 0 Å². The smallest absolute Gasteiger partial charge is 0.227 e. The molecule has 0 aliphatic heterocycles. The number of hydrogen-bond acceptors (Lipinski definition) is 6. The van der Waals surface area contributed by atoms with Crippen molar-refractivity contribution in [1.82, 2.24) is 10.2 Å². The van der Waals surface area contributed by atoms with E-state index >= 15 is 0 Å². The first-order valence-electron chi connectivity index (χ1n) is 5.63. The molecule has 5 nitrogen and oxygen atoms in total. The fraction of sp³-hybridized carbons (Fsp3) is 0.250. The van der Waals surface area contributed by atoms with Gasteiger partial charge in [0.15, 0.2) is 4.34 Å². The number of anilines is 2. The summed E-state index contributed by atoms with van der Waals surface area (Å²) in [6, 6.07) is 6.12. The van der Waals surface area contributed by atoms with Crippen molar-refractivity contribution in [3.05, 3.63) is 29.3 Å². The number of benzene rings is 1. The molecule has 3 N–H and O–H groups in total. The molecule has 1 heterocycles. The van der Waals surface area contributed by atoms with Crippen molar-refractivity contribution in [1.29, 1.82) is 0 Å². The highest BCUT2D eigenvalue weighted by molar-refractivity contribution is 8.01. The summed E-state index contributed by atoms with van der Waals surface area (Å²) in [6.07, 6.45) is 0. The Bertz CT molecular complexity index is 597. The second-order valence-electron chi connectivity index (χ2n) is 4.05. The maximum Gasteiger partial charge on any atom is 0.227 e. The maximum absolute atomic E-state index is 10.7. The molecule has 0 spiro atoms. The number of thioether (sulfide) groups is 1. The highest BCUT2D eigenvalue weighted by Gasteiger charge is 2.06. The average molecular weight is 294 g/mol. The van der Waals surface area contributed by atoms with Gasteiger partial charge in [0, 0.05) is 5.69 Å². The normalized spacial score (nSPS) is 10.4. The molecule has 2 rings (SSSR count). The van der Waals surface area contributed by atoms with Crippen molar-refractivity contribution < 1.29 is 4.79 Å². The number of nitrogens with one attached hydrogen (secondary N) is 1. The van der Waals surface area contributed by atoms with Crippen LogP contribution in [0.1, 0.15) is 11.1 Å². The molecule has 0 saturated heterocycles. The van der Waals surface area contributed by atoms with Gasteiger partial charge in [0.1, 0.15) is 0 Å². The summed E-state index contributed by atoms with van der Waals surface area (Å²) in [7, 11) is 0. The molecule has 0 aliphatic carbocycles. The fourth-order valence-corrected chi connectivity index (χ4v) is 2.91. The van der Waals surface area contributed by atoms with E-state index in [1.165, 1.54) is 34.2 Å². The van der Waals surface area contributed by atoms with E-state index in [1.807, 2.05) is 6.07 Å². The van der Waals surface area contributed by atoms with E-state index < -0.39 is 0 Å². The molecule has 0 radical (unpaired) electrons. The third kappa shape index (κ3) is 3.93. The van der Waals surface area contributed by atoms with Gasteiger partial charge in [-0.3, -0.25) is 4.79 Å². The largest absolute Gasteiger partial charge is 0.369 e. The Morgan fingerprint density at radius 1 is 1.37 bits per heavy atom. The van der Waals surface area contributed by atoms with E-state index in [2.05, 4.69) is 41.5 Å². The number of hydrogen-bond donors (Lipinski definition) is 2. The zero-order valence-electron chi connectivity index (χ0n) is 10.6. The Kier molecular flexibility index (Phi) is 4.39. The van der Waals surface area contributed by atoms with E-state index in [9.17, 15) is 4.79 Å². The number of rotatable bonds is 5. The van der Waals surface area contributed by atoms with Crippen LogP contribution in [-0.2, 0) is 4.79 Å². The molecule has 1 aromatic heterocycles. The Morgan fingerprint density at radius 2 is 2.16 bits per heavy atom. The SMILES string of the molecule is Cc1ccc(Nc2nnc(SCC(N)=O)s2)cc1C. The zero-order chi connectivity index (χ0) is 13.8. The quantitative estimate of drug-likeness (QED) is 0.828. The predicted octanol–water partition coefficient (Wildman–Crippen LogP) is 2.48. The number of primary amides is 1. The summed E-state index contributed by atoms with van der Waals surface area (Å²) in [5, 5.41) is 11.9. The van der Waals surface area contributed by atoms with E-state index in [0.717, 1.165) is 10.0 Å². The molecule has 0 aliphatic rings. The van der Waals surface area contributed by atoms with Gasteiger partial charge in [-0.15, -0.1) is 10.2 Å². The zero-order valence-corrected chi connectivity index (χ0v) is 12.3. The van der Waals surface area contributed by atoms with Gasteiger partial charge >= 0.3 is 0 Å². The lowest BCUT2D eigenvalue weighted by Crippen LogP contribution is -2.12. The van der Waals surface area contributed by atoms with Crippen LogP contribution in [0.2, 0.25) is 0 Å². The van der Waals surface area contributed by atoms with Gasteiger partial charge in [-0.2, -0.15) is 0 Å².